The van der Waals surface area contributed by atoms with E-state index in [0.29, 0.717) is 18.2 Å². The van der Waals surface area contributed by atoms with Gasteiger partial charge >= 0.3 is 0 Å². The van der Waals surface area contributed by atoms with Crippen LogP contribution in [0.4, 0.5) is 0 Å². The van der Waals surface area contributed by atoms with Crippen LogP contribution >= 0.6 is 0 Å². The minimum atomic E-state index is 0.263. The van der Waals surface area contributed by atoms with Crippen molar-refractivity contribution in [2.45, 2.75) is 64.3 Å². The fourth-order valence-electron chi connectivity index (χ4n) is 3.83. The van der Waals surface area contributed by atoms with E-state index < -0.39 is 0 Å². The Kier molecular flexibility index (Phi) is 3.01. The highest BCUT2D eigenvalue weighted by Gasteiger charge is 2.41. The van der Waals surface area contributed by atoms with Crippen LogP contribution in [0, 0.1) is 13.8 Å². The molecular weight excluding hydrogens is 264 g/mol. The smallest absolute Gasteiger partial charge is 0.155 e. The van der Waals surface area contributed by atoms with Gasteiger partial charge in [-0.2, -0.15) is 5.10 Å². The van der Waals surface area contributed by atoms with Gasteiger partial charge in [0.25, 0.3) is 0 Å². The first-order valence-electron chi connectivity index (χ1n) is 7.85. The zero-order chi connectivity index (χ0) is 14.6. The first-order chi connectivity index (χ1) is 10.1. The van der Waals surface area contributed by atoms with E-state index in [1.54, 1.807) is 0 Å². The van der Waals surface area contributed by atoms with Crippen molar-refractivity contribution in [2.75, 3.05) is 0 Å². The Hall–Kier alpha value is -1.46. The van der Waals surface area contributed by atoms with Crippen LogP contribution in [-0.4, -0.2) is 32.8 Å². The molecule has 2 fully saturated rings. The average molecular weight is 286 g/mol. The van der Waals surface area contributed by atoms with Crippen molar-refractivity contribution in [2.24, 2.45) is 0 Å². The van der Waals surface area contributed by atoms with E-state index >= 15 is 0 Å². The zero-order valence-corrected chi connectivity index (χ0v) is 12.8. The minimum Gasteiger partial charge on any atom is -0.373 e. The van der Waals surface area contributed by atoms with Gasteiger partial charge in [0.1, 0.15) is 0 Å². The van der Waals surface area contributed by atoms with E-state index in [-0.39, 0.29) is 6.04 Å². The second-order valence-corrected chi connectivity index (χ2v) is 6.46. The number of aryl methyl sites for hydroxylation is 2. The van der Waals surface area contributed by atoms with E-state index in [1.807, 2.05) is 23.7 Å². The summed E-state index contributed by atoms with van der Waals surface area (Å²) < 4.78 is 7.87. The highest BCUT2D eigenvalue weighted by atomic mass is 16.5. The number of aromatic nitrogens is 3. The molecule has 4 heterocycles. The number of nitrogens with one attached hydrogen (secondary N) is 1. The van der Waals surface area contributed by atoms with Gasteiger partial charge in [0.2, 0.25) is 0 Å². The number of rotatable bonds is 3. The molecule has 0 amide bonds. The Morgan fingerprint density at radius 1 is 1.38 bits per heavy atom. The Bertz CT molecular complexity index is 680. The van der Waals surface area contributed by atoms with Crippen LogP contribution in [0.3, 0.4) is 0 Å². The summed E-state index contributed by atoms with van der Waals surface area (Å²) in [6.45, 7) is 6.33. The summed E-state index contributed by atoms with van der Waals surface area (Å²) >= 11 is 0. The van der Waals surface area contributed by atoms with Crippen molar-refractivity contribution in [3.05, 3.63) is 29.2 Å². The highest BCUT2D eigenvalue weighted by molar-refractivity contribution is 5.42. The van der Waals surface area contributed by atoms with Gasteiger partial charge in [0.05, 0.1) is 17.9 Å². The molecule has 0 aromatic carbocycles. The molecule has 2 aromatic heterocycles. The van der Waals surface area contributed by atoms with Gasteiger partial charge in [-0.1, -0.05) is 0 Å². The van der Waals surface area contributed by atoms with Crippen LogP contribution < -0.4 is 5.32 Å². The number of fused-ring (bicyclic) bond motifs is 3. The quantitative estimate of drug-likeness (QED) is 0.941. The molecule has 0 radical (unpaired) electrons. The summed E-state index contributed by atoms with van der Waals surface area (Å²) in [6.07, 6.45) is 6.44. The molecule has 4 rings (SSSR count). The molecule has 112 valence electrons. The second kappa shape index (κ2) is 4.78. The van der Waals surface area contributed by atoms with Crippen molar-refractivity contribution in [3.8, 4) is 0 Å². The SMILES string of the molecule is Cc1cc2ncc(C(C)NC3CC4CCC3O4)c(C)n2n1. The van der Waals surface area contributed by atoms with E-state index in [4.69, 9.17) is 4.74 Å². The van der Waals surface area contributed by atoms with Crippen molar-refractivity contribution in [3.63, 3.8) is 0 Å². The van der Waals surface area contributed by atoms with Crippen molar-refractivity contribution in [1.29, 1.82) is 0 Å². The lowest BCUT2D eigenvalue weighted by Crippen LogP contribution is -2.39. The third kappa shape index (κ3) is 2.15. The fraction of sp³-hybridized carbons (Fsp3) is 0.625. The van der Waals surface area contributed by atoms with Gasteiger partial charge in [-0.25, -0.2) is 9.50 Å². The maximum atomic E-state index is 5.93. The third-order valence-corrected chi connectivity index (χ3v) is 4.92. The summed E-state index contributed by atoms with van der Waals surface area (Å²) in [5.41, 5.74) is 4.31. The molecule has 21 heavy (non-hydrogen) atoms. The van der Waals surface area contributed by atoms with Crippen molar-refractivity contribution >= 4 is 5.65 Å². The maximum absolute atomic E-state index is 5.93. The van der Waals surface area contributed by atoms with Crippen molar-refractivity contribution in [1.82, 2.24) is 19.9 Å². The topological polar surface area (TPSA) is 51.5 Å². The molecule has 5 nitrogen and oxygen atoms in total. The molecule has 2 aromatic rings. The van der Waals surface area contributed by atoms with Crippen molar-refractivity contribution < 1.29 is 4.74 Å². The second-order valence-electron chi connectivity index (χ2n) is 6.46. The van der Waals surface area contributed by atoms with Crippen LogP contribution in [0.25, 0.3) is 5.65 Å². The lowest BCUT2D eigenvalue weighted by Gasteiger charge is -2.25. The number of hydrogen-bond acceptors (Lipinski definition) is 4. The molecule has 4 unspecified atom stereocenters. The monoisotopic (exact) mass is 286 g/mol. The zero-order valence-electron chi connectivity index (χ0n) is 12.8. The molecule has 2 bridgehead atoms. The predicted molar refractivity (Wildman–Crippen MR) is 80.3 cm³/mol. The molecule has 0 saturated carbocycles. The Labute approximate surface area is 124 Å². The van der Waals surface area contributed by atoms with Gasteiger partial charge in [-0.3, -0.25) is 0 Å². The Balaban J connectivity index is 1.59. The molecule has 2 aliphatic heterocycles. The highest BCUT2D eigenvalue weighted by Crippen LogP contribution is 2.35. The minimum absolute atomic E-state index is 0.263. The summed E-state index contributed by atoms with van der Waals surface area (Å²) in [5.74, 6) is 0. The summed E-state index contributed by atoms with van der Waals surface area (Å²) in [6, 6.07) is 2.76. The van der Waals surface area contributed by atoms with Crippen LogP contribution in [0.2, 0.25) is 0 Å². The molecule has 1 N–H and O–H groups in total. The Morgan fingerprint density at radius 2 is 2.24 bits per heavy atom. The van der Waals surface area contributed by atoms with Crippen LogP contribution in [0.5, 0.6) is 0 Å². The maximum Gasteiger partial charge on any atom is 0.155 e. The summed E-state index contributed by atoms with van der Waals surface area (Å²) in [7, 11) is 0. The van der Waals surface area contributed by atoms with Gasteiger partial charge in [0, 0.05) is 35.6 Å². The first-order valence-corrected chi connectivity index (χ1v) is 7.85. The lowest BCUT2D eigenvalue weighted by atomic mass is 9.94. The fourth-order valence-corrected chi connectivity index (χ4v) is 3.83. The van der Waals surface area contributed by atoms with Crippen LogP contribution in [0.1, 0.15) is 49.2 Å². The number of nitrogens with zero attached hydrogens (tertiary/aromatic N) is 3. The van der Waals surface area contributed by atoms with E-state index in [9.17, 15) is 0 Å². The van der Waals surface area contributed by atoms with E-state index in [1.165, 1.54) is 18.4 Å². The number of hydrogen-bond donors (Lipinski definition) is 1. The predicted octanol–water partition coefficient (Wildman–Crippen LogP) is 2.32. The first kappa shape index (κ1) is 13.2. The molecule has 2 saturated heterocycles. The van der Waals surface area contributed by atoms with E-state index in [0.717, 1.165) is 23.5 Å². The van der Waals surface area contributed by atoms with E-state index in [2.05, 4.69) is 29.2 Å². The van der Waals surface area contributed by atoms with Gasteiger partial charge < -0.3 is 10.1 Å². The molecule has 2 aliphatic rings. The molecule has 0 spiro atoms. The molecule has 5 heteroatoms. The molecule has 0 aliphatic carbocycles. The summed E-state index contributed by atoms with van der Waals surface area (Å²) in [5, 5.41) is 8.26. The van der Waals surface area contributed by atoms with Crippen LogP contribution in [-0.2, 0) is 4.74 Å². The van der Waals surface area contributed by atoms with Gasteiger partial charge in [0.15, 0.2) is 5.65 Å². The number of ether oxygens (including phenoxy) is 1. The average Bonchev–Trinajstić information content (AvgIpc) is 3.13. The molecule has 4 atom stereocenters. The normalized spacial score (nSPS) is 29.4. The standard InChI is InChI=1S/C16H22N4O/c1-9-6-16-17-8-13(11(3)20(16)19-9)10(2)18-14-7-12-4-5-15(14)21-12/h6,8,10,12,14-15,18H,4-5,7H2,1-3H3. The van der Waals surface area contributed by atoms with Crippen LogP contribution in [0.15, 0.2) is 12.3 Å². The van der Waals surface area contributed by atoms with Gasteiger partial charge in [-0.15, -0.1) is 0 Å². The van der Waals surface area contributed by atoms with Gasteiger partial charge in [-0.05, 0) is 40.0 Å². The largest absolute Gasteiger partial charge is 0.373 e. The lowest BCUT2D eigenvalue weighted by molar-refractivity contribution is 0.0962. The summed E-state index contributed by atoms with van der Waals surface area (Å²) in [4.78, 5) is 4.54. The molecular formula is C16H22N4O. The third-order valence-electron chi connectivity index (χ3n) is 4.92. The Morgan fingerprint density at radius 3 is 2.95 bits per heavy atom.